The van der Waals surface area contributed by atoms with E-state index in [2.05, 4.69) is 10.3 Å². The molecule has 0 aliphatic heterocycles. The van der Waals surface area contributed by atoms with Crippen molar-refractivity contribution in [3.05, 3.63) is 24.0 Å². The fourth-order valence-corrected chi connectivity index (χ4v) is 1.57. The number of hydrogen-bond donors (Lipinski definition) is 4. The van der Waals surface area contributed by atoms with Crippen molar-refractivity contribution in [3.63, 3.8) is 0 Å². The first-order valence-electron chi connectivity index (χ1n) is 5.37. The third-order valence-electron chi connectivity index (χ3n) is 2.39. The van der Waals surface area contributed by atoms with Crippen LogP contribution in [0.5, 0.6) is 0 Å². The molecule has 0 spiro atoms. The number of nitrogens with one attached hydrogen (secondary N) is 2. The van der Waals surface area contributed by atoms with Crippen LogP contribution in [0.4, 0.5) is 0 Å². The van der Waals surface area contributed by atoms with Crippen molar-refractivity contribution in [3.8, 4) is 0 Å². The summed E-state index contributed by atoms with van der Waals surface area (Å²) in [5.41, 5.74) is 0.843. The molecule has 0 radical (unpaired) electrons. The Morgan fingerprint density at radius 2 is 2.12 bits per heavy atom. The molecule has 17 heavy (non-hydrogen) atoms. The minimum atomic E-state index is -0.871. The maximum atomic E-state index is 10.7. The van der Waals surface area contributed by atoms with Gasteiger partial charge < -0.3 is 20.5 Å². The van der Waals surface area contributed by atoms with E-state index in [0.717, 1.165) is 5.69 Å². The maximum Gasteiger partial charge on any atom is 0.304 e. The number of hydrogen-bond acceptors (Lipinski definition) is 3. The molecule has 0 aliphatic rings. The lowest BCUT2D eigenvalue weighted by atomic mass is 10.0. The molecule has 94 valence electrons. The normalized spacial score (nSPS) is 12.2. The van der Waals surface area contributed by atoms with Crippen LogP contribution in [-0.2, 0) is 9.59 Å². The van der Waals surface area contributed by atoms with Gasteiger partial charge >= 0.3 is 11.9 Å². The molecule has 0 saturated heterocycles. The summed E-state index contributed by atoms with van der Waals surface area (Å²) in [5.74, 6) is -1.91. The predicted octanol–water partition coefficient (Wildman–Crippen LogP) is 0.637. The number of H-pyrrole nitrogens is 1. The van der Waals surface area contributed by atoms with E-state index in [1.807, 2.05) is 6.07 Å². The number of aromatic amines is 1. The summed E-state index contributed by atoms with van der Waals surface area (Å²) in [6.07, 6.45) is 1.78. The number of carboxylic acid groups (broad SMARTS) is 2. The number of aliphatic carboxylic acids is 2. The van der Waals surface area contributed by atoms with Crippen LogP contribution >= 0.6 is 0 Å². The lowest BCUT2D eigenvalue weighted by Gasteiger charge is -2.14. The molecule has 1 atom stereocenters. The minimum absolute atomic E-state index is 0.0145. The molecular weight excluding hydrogens is 224 g/mol. The summed E-state index contributed by atoms with van der Waals surface area (Å²) < 4.78 is 0. The minimum Gasteiger partial charge on any atom is -0.481 e. The second kappa shape index (κ2) is 6.70. The van der Waals surface area contributed by atoms with E-state index in [0.29, 0.717) is 13.1 Å². The van der Waals surface area contributed by atoms with E-state index in [9.17, 15) is 9.59 Å². The molecule has 1 aromatic rings. The first-order chi connectivity index (χ1) is 8.09. The van der Waals surface area contributed by atoms with E-state index in [1.54, 1.807) is 12.3 Å². The molecule has 1 unspecified atom stereocenters. The summed E-state index contributed by atoms with van der Waals surface area (Å²) in [6, 6.07) is 3.63. The van der Waals surface area contributed by atoms with Crippen LogP contribution < -0.4 is 5.32 Å². The molecule has 6 heteroatoms. The van der Waals surface area contributed by atoms with Gasteiger partial charge in [0, 0.05) is 30.9 Å². The van der Waals surface area contributed by atoms with Crippen molar-refractivity contribution in [1.29, 1.82) is 0 Å². The average Bonchev–Trinajstić information content (AvgIpc) is 2.74. The Labute approximate surface area is 98.7 Å². The molecule has 1 aromatic heterocycles. The van der Waals surface area contributed by atoms with Gasteiger partial charge in [0.05, 0.1) is 12.8 Å². The van der Waals surface area contributed by atoms with Crippen LogP contribution in [-0.4, -0.2) is 40.2 Å². The topological polar surface area (TPSA) is 102 Å². The third-order valence-corrected chi connectivity index (χ3v) is 2.39. The molecule has 1 rings (SSSR count). The van der Waals surface area contributed by atoms with Crippen molar-refractivity contribution in [2.45, 2.75) is 18.8 Å². The van der Waals surface area contributed by atoms with Gasteiger partial charge in [-0.05, 0) is 12.1 Å². The van der Waals surface area contributed by atoms with Gasteiger partial charge in [0.1, 0.15) is 0 Å². The Morgan fingerprint density at radius 3 is 2.65 bits per heavy atom. The molecule has 0 saturated carbocycles. The quantitative estimate of drug-likeness (QED) is 0.499. The number of carbonyl (C=O) groups is 2. The summed E-state index contributed by atoms with van der Waals surface area (Å²) >= 11 is 0. The molecule has 0 aromatic carbocycles. The van der Waals surface area contributed by atoms with Crippen molar-refractivity contribution >= 4 is 11.9 Å². The van der Waals surface area contributed by atoms with Gasteiger partial charge in [0.25, 0.3) is 0 Å². The highest BCUT2D eigenvalue weighted by Crippen LogP contribution is 2.16. The van der Waals surface area contributed by atoms with Gasteiger partial charge in [-0.3, -0.25) is 9.59 Å². The lowest BCUT2D eigenvalue weighted by Crippen LogP contribution is -2.25. The predicted molar refractivity (Wildman–Crippen MR) is 60.9 cm³/mol. The lowest BCUT2D eigenvalue weighted by molar-refractivity contribution is -0.138. The zero-order chi connectivity index (χ0) is 12.7. The van der Waals surface area contributed by atoms with Crippen molar-refractivity contribution in [2.75, 3.05) is 13.1 Å². The van der Waals surface area contributed by atoms with E-state index < -0.39 is 11.9 Å². The summed E-state index contributed by atoms with van der Waals surface area (Å²) in [5, 5.41) is 20.2. The van der Waals surface area contributed by atoms with Crippen LogP contribution in [0, 0.1) is 0 Å². The van der Waals surface area contributed by atoms with E-state index in [4.69, 9.17) is 10.2 Å². The van der Waals surface area contributed by atoms with Crippen molar-refractivity contribution in [1.82, 2.24) is 10.3 Å². The Bertz CT molecular complexity index is 362. The molecule has 1 heterocycles. The van der Waals surface area contributed by atoms with Crippen LogP contribution in [0.2, 0.25) is 0 Å². The highest BCUT2D eigenvalue weighted by molar-refractivity contribution is 5.68. The Morgan fingerprint density at radius 1 is 1.35 bits per heavy atom. The zero-order valence-electron chi connectivity index (χ0n) is 9.35. The van der Waals surface area contributed by atoms with Gasteiger partial charge in [0.15, 0.2) is 0 Å². The van der Waals surface area contributed by atoms with Crippen LogP contribution in [0.3, 0.4) is 0 Å². The molecule has 6 nitrogen and oxygen atoms in total. The number of rotatable bonds is 8. The van der Waals surface area contributed by atoms with Gasteiger partial charge in [-0.25, -0.2) is 0 Å². The molecule has 0 amide bonds. The SMILES string of the molecule is O=C(O)CCNCC(CC(=O)O)c1ccc[nH]1. The standard InChI is InChI=1S/C11H16N2O4/c14-10(15)3-5-12-7-8(6-11(16)17)9-2-1-4-13-9/h1-2,4,8,12-13H,3,5-7H2,(H,14,15)(H,16,17). The smallest absolute Gasteiger partial charge is 0.304 e. The molecule has 0 fully saturated rings. The van der Waals surface area contributed by atoms with Gasteiger partial charge in [-0.2, -0.15) is 0 Å². The van der Waals surface area contributed by atoms with Crippen molar-refractivity contribution in [2.24, 2.45) is 0 Å². The fourth-order valence-electron chi connectivity index (χ4n) is 1.57. The van der Waals surface area contributed by atoms with E-state index in [1.165, 1.54) is 0 Å². The molecule has 4 N–H and O–H groups in total. The monoisotopic (exact) mass is 240 g/mol. The molecule has 0 bridgehead atoms. The largest absolute Gasteiger partial charge is 0.481 e. The highest BCUT2D eigenvalue weighted by atomic mass is 16.4. The van der Waals surface area contributed by atoms with E-state index >= 15 is 0 Å². The van der Waals surface area contributed by atoms with Crippen LogP contribution in [0.15, 0.2) is 18.3 Å². The molecular formula is C11H16N2O4. The van der Waals surface area contributed by atoms with Crippen LogP contribution in [0.1, 0.15) is 24.5 Å². The third kappa shape index (κ3) is 5.17. The Hall–Kier alpha value is -1.82. The Balaban J connectivity index is 2.42. The first-order valence-corrected chi connectivity index (χ1v) is 5.37. The second-order valence-corrected chi connectivity index (χ2v) is 3.77. The second-order valence-electron chi connectivity index (χ2n) is 3.77. The number of aromatic nitrogens is 1. The maximum absolute atomic E-state index is 10.7. The average molecular weight is 240 g/mol. The summed E-state index contributed by atoms with van der Waals surface area (Å²) in [7, 11) is 0. The fraction of sp³-hybridized carbons (Fsp3) is 0.455. The Kier molecular flexibility index (Phi) is 5.22. The van der Waals surface area contributed by atoms with Gasteiger partial charge in [-0.15, -0.1) is 0 Å². The zero-order valence-corrected chi connectivity index (χ0v) is 9.35. The highest BCUT2D eigenvalue weighted by Gasteiger charge is 2.15. The van der Waals surface area contributed by atoms with Crippen molar-refractivity contribution < 1.29 is 19.8 Å². The number of carboxylic acids is 2. The summed E-state index contributed by atoms with van der Waals surface area (Å²) in [6.45, 7) is 0.784. The molecule has 0 aliphatic carbocycles. The first kappa shape index (κ1) is 13.2. The summed E-state index contributed by atoms with van der Waals surface area (Å²) in [4.78, 5) is 24.0. The van der Waals surface area contributed by atoms with Gasteiger partial charge in [0.2, 0.25) is 0 Å². The van der Waals surface area contributed by atoms with Crippen LogP contribution in [0.25, 0.3) is 0 Å². The van der Waals surface area contributed by atoms with E-state index in [-0.39, 0.29) is 18.8 Å². The van der Waals surface area contributed by atoms with Gasteiger partial charge in [-0.1, -0.05) is 0 Å².